The lowest BCUT2D eigenvalue weighted by molar-refractivity contribution is -0.384. The van der Waals surface area contributed by atoms with Crippen molar-refractivity contribution in [3.63, 3.8) is 0 Å². The van der Waals surface area contributed by atoms with Gasteiger partial charge in [-0.05, 0) is 54.6 Å². The molecule has 3 aromatic carbocycles. The van der Waals surface area contributed by atoms with E-state index in [4.69, 9.17) is 9.15 Å². The third kappa shape index (κ3) is 3.57. The van der Waals surface area contributed by atoms with E-state index in [1.807, 2.05) is 18.2 Å². The van der Waals surface area contributed by atoms with Crippen LogP contribution in [-0.2, 0) is 0 Å². The Morgan fingerprint density at radius 1 is 0.939 bits per heavy atom. The Morgan fingerprint density at radius 3 is 2.36 bits per heavy atom. The Morgan fingerprint density at radius 2 is 1.64 bits per heavy atom. The summed E-state index contributed by atoms with van der Waals surface area (Å²) >= 11 is 0. The quantitative estimate of drug-likeness (QED) is 0.318. The summed E-state index contributed by atoms with van der Waals surface area (Å²) in [5, 5.41) is 14.8. The third-order valence-corrected chi connectivity index (χ3v) is 5.54. The monoisotopic (exact) mass is 441 g/mol. The molecule has 2 heterocycles. The van der Waals surface area contributed by atoms with E-state index in [2.05, 4.69) is 5.32 Å². The molecule has 1 unspecified atom stereocenters. The van der Waals surface area contributed by atoms with Crippen LogP contribution in [0.4, 0.5) is 17.1 Å². The van der Waals surface area contributed by atoms with Crippen LogP contribution in [0.25, 0.3) is 11.3 Å². The van der Waals surface area contributed by atoms with E-state index in [0.717, 1.165) is 0 Å². The van der Waals surface area contributed by atoms with Gasteiger partial charge >= 0.3 is 0 Å². The second-order valence-corrected chi connectivity index (χ2v) is 7.44. The van der Waals surface area contributed by atoms with Crippen LogP contribution in [0.1, 0.15) is 22.3 Å². The lowest BCUT2D eigenvalue weighted by Crippen LogP contribution is -2.43. The van der Waals surface area contributed by atoms with E-state index in [0.29, 0.717) is 39.8 Å². The number of nitro benzene ring substituents is 1. The number of hydrogen-bond acceptors (Lipinski definition) is 6. The Bertz CT molecular complexity index is 1350. The SMILES string of the molecule is COc1ccc(N2C(=O)c3ccccc3NC2c2ccc(-c3ccccc3[N+](=O)[O-])o2)cc1. The molecule has 1 aliphatic rings. The van der Waals surface area contributed by atoms with Gasteiger partial charge in [0.25, 0.3) is 11.6 Å². The van der Waals surface area contributed by atoms with Crippen molar-refractivity contribution in [2.24, 2.45) is 0 Å². The summed E-state index contributed by atoms with van der Waals surface area (Å²) in [6, 6.07) is 24.2. The number of methoxy groups -OCH3 is 1. The highest BCUT2D eigenvalue weighted by atomic mass is 16.6. The van der Waals surface area contributed by atoms with Gasteiger partial charge in [-0.3, -0.25) is 19.8 Å². The van der Waals surface area contributed by atoms with Gasteiger partial charge in [0, 0.05) is 17.4 Å². The number of nitrogens with zero attached hydrogens (tertiary/aromatic N) is 2. The first-order valence-corrected chi connectivity index (χ1v) is 10.2. The molecule has 5 rings (SSSR count). The zero-order valence-corrected chi connectivity index (χ0v) is 17.6. The Kier molecular flexibility index (Phi) is 5.02. The van der Waals surface area contributed by atoms with Crippen LogP contribution < -0.4 is 15.0 Å². The van der Waals surface area contributed by atoms with Crippen LogP contribution in [0.3, 0.4) is 0 Å². The molecule has 33 heavy (non-hydrogen) atoms. The molecule has 1 aromatic heterocycles. The van der Waals surface area contributed by atoms with E-state index >= 15 is 0 Å². The highest BCUT2D eigenvalue weighted by Crippen LogP contribution is 2.39. The molecule has 8 heteroatoms. The number of furan rings is 1. The third-order valence-electron chi connectivity index (χ3n) is 5.54. The van der Waals surface area contributed by atoms with Crippen LogP contribution in [-0.4, -0.2) is 17.9 Å². The fourth-order valence-corrected chi connectivity index (χ4v) is 3.95. The molecular weight excluding hydrogens is 422 g/mol. The van der Waals surface area contributed by atoms with Gasteiger partial charge in [0.1, 0.15) is 17.3 Å². The molecule has 4 aromatic rings. The number of amides is 1. The number of nitro groups is 1. The number of benzene rings is 3. The van der Waals surface area contributed by atoms with Crippen LogP contribution in [0.15, 0.2) is 89.3 Å². The van der Waals surface area contributed by atoms with Gasteiger partial charge < -0.3 is 14.5 Å². The number of rotatable bonds is 5. The standard InChI is InChI=1S/C25H19N3O5/c1-32-17-12-10-16(11-13-17)27-24(26-20-8-4-2-6-18(20)25(27)29)23-15-14-22(33-23)19-7-3-5-9-21(19)28(30)31/h2-15,24,26H,1H3. The maximum Gasteiger partial charge on any atom is 0.280 e. The minimum atomic E-state index is -0.655. The molecule has 0 spiro atoms. The number of ether oxygens (including phenoxy) is 1. The van der Waals surface area contributed by atoms with E-state index in [-0.39, 0.29) is 11.6 Å². The average molecular weight is 441 g/mol. The molecule has 8 nitrogen and oxygen atoms in total. The van der Waals surface area contributed by atoms with Gasteiger partial charge in [-0.2, -0.15) is 0 Å². The Hall–Kier alpha value is -4.59. The fraction of sp³-hybridized carbons (Fsp3) is 0.0800. The number of nitrogens with one attached hydrogen (secondary N) is 1. The van der Waals surface area contributed by atoms with Crippen molar-refractivity contribution in [1.29, 1.82) is 0 Å². The van der Waals surface area contributed by atoms with Gasteiger partial charge in [0.15, 0.2) is 6.17 Å². The molecule has 0 fully saturated rings. The minimum absolute atomic E-state index is 0.0524. The summed E-state index contributed by atoms with van der Waals surface area (Å²) in [6.07, 6.45) is -0.655. The maximum absolute atomic E-state index is 13.5. The summed E-state index contributed by atoms with van der Waals surface area (Å²) in [5.41, 5.74) is 2.18. The first-order chi connectivity index (χ1) is 16.1. The summed E-state index contributed by atoms with van der Waals surface area (Å²) in [5.74, 6) is 1.27. The second kappa shape index (κ2) is 8.16. The highest BCUT2D eigenvalue weighted by molar-refractivity contribution is 6.12. The molecule has 0 saturated heterocycles. The molecule has 1 atom stereocenters. The summed E-state index contributed by atoms with van der Waals surface area (Å²) in [4.78, 5) is 26.1. The molecule has 0 aliphatic carbocycles. The van der Waals surface area contributed by atoms with Crippen molar-refractivity contribution in [3.05, 3.63) is 106 Å². The molecule has 1 aliphatic heterocycles. The smallest absolute Gasteiger partial charge is 0.280 e. The molecule has 0 radical (unpaired) electrons. The lowest BCUT2D eigenvalue weighted by atomic mass is 10.1. The van der Waals surface area contributed by atoms with Crippen molar-refractivity contribution < 1.29 is 18.9 Å². The van der Waals surface area contributed by atoms with Crippen molar-refractivity contribution in [1.82, 2.24) is 0 Å². The summed E-state index contributed by atoms with van der Waals surface area (Å²) < 4.78 is 11.3. The van der Waals surface area contributed by atoms with E-state index in [1.54, 1.807) is 72.7 Å². The number of para-hydroxylation sites is 2. The van der Waals surface area contributed by atoms with Gasteiger partial charge in [0.05, 0.1) is 23.2 Å². The molecule has 0 bridgehead atoms. The van der Waals surface area contributed by atoms with Crippen LogP contribution in [0.5, 0.6) is 5.75 Å². The number of carbonyl (C=O) groups excluding carboxylic acids is 1. The van der Waals surface area contributed by atoms with Crippen LogP contribution in [0.2, 0.25) is 0 Å². The predicted molar refractivity (Wildman–Crippen MR) is 123 cm³/mol. The van der Waals surface area contributed by atoms with E-state index in [1.165, 1.54) is 6.07 Å². The number of anilines is 2. The topological polar surface area (TPSA) is 97.8 Å². The highest BCUT2D eigenvalue weighted by Gasteiger charge is 2.36. The molecule has 1 N–H and O–H groups in total. The van der Waals surface area contributed by atoms with Crippen molar-refractivity contribution in [3.8, 4) is 17.1 Å². The lowest BCUT2D eigenvalue weighted by Gasteiger charge is -2.36. The second-order valence-electron chi connectivity index (χ2n) is 7.44. The first kappa shape index (κ1) is 20.3. The normalized spacial score (nSPS) is 15.0. The van der Waals surface area contributed by atoms with Gasteiger partial charge in [-0.1, -0.05) is 24.3 Å². The van der Waals surface area contributed by atoms with Gasteiger partial charge in [-0.15, -0.1) is 0 Å². The van der Waals surface area contributed by atoms with Crippen molar-refractivity contribution in [2.45, 2.75) is 6.17 Å². The zero-order valence-electron chi connectivity index (χ0n) is 17.6. The summed E-state index contributed by atoms with van der Waals surface area (Å²) in [7, 11) is 1.58. The number of fused-ring (bicyclic) bond motifs is 1. The predicted octanol–water partition coefficient (Wildman–Crippen LogP) is 5.63. The maximum atomic E-state index is 13.5. The van der Waals surface area contributed by atoms with Gasteiger partial charge in [0.2, 0.25) is 0 Å². The molecule has 164 valence electrons. The van der Waals surface area contributed by atoms with E-state index < -0.39 is 11.1 Å². The van der Waals surface area contributed by atoms with Crippen LogP contribution >= 0.6 is 0 Å². The van der Waals surface area contributed by atoms with E-state index in [9.17, 15) is 14.9 Å². The molecular formula is C25H19N3O5. The summed E-state index contributed by atoms with van der Waals surface area (Å²) in [6.45, 7) is 0. The number of carbonyl (C=O) groups is 1. The minimum Gasteiger partial charge on any atom is -0.497 e. The van der Waals surface area contributed by atoms with Gasteiger partial charge in [-0.25, -0.2) is 0 Å². The molecule has 0 saturated carbocycles. The zero-order chi connectivity index (χ0) is 22.9. The van der Waals surface area contributed by atoms with Crippen molar-refractivity contribution in [2.75, 3.05) is 17.3 Å². The Balaban J connectivity index is 1.60. The number of hydrogen-bond donors (Lipinski definition) is 1. The van der Waals surface area contributed by atoms with Crippen molar-refractivity contribution >= 4 is 23.0 Å². The fourth-order valence-electron chi connectivity index (χ4n) is 3.95. The largest absolute Gasteiger partial charge is 0.497 e. The average Bonchev–Trinajstić information content (AvgIpc) is 3.34. The first-order valence-electron chi connectivity index (χ1n) is 10.2. The Labute approximate surface area is 189 Å². The van der Waals surface area contributed by atoms with Crippen LogP contribution in [0, 0.1) is 10.1 Å². The molecule has 1 amide bonds.